The molecule has 5 nitrogen and oxygen atoms in total. The molecule has 0 saturated carbocycles. The van der Waals surface area contributed by atoms with E-state index in [1.165, 1.54) is 19.1 Å². The Labute approximate surface area is 126 Å². The molecule has 2 rings (SSSR count). The molecule has 0 amide bonds. The highest BCUT2D eigenvalue weighted by atomic mass is 35.5. The molecule has 0 spiro atoms. The van der Waals surface area contributed by atoms with Gasteiger partial charge in [-0.2, -0.15) is 18.4 Å². The van der Waals surface area contributed by atoms with Gasteiger partial charge in [0, 0.05) is 5.02 Å². The van der Waals surface area contributed by atoms with Gasteiger partial charge in [0.15, 0.2) is 5.69 Å². The molecule has 1 N–H and O–H groups in total. The van der Waals surface area contributed by atoms with Crippen molar-refractivity contribution in [3.05, 3.63) is 50.7 Å². The number of nitrogens with one attached hydrogen (secondary N) is 1. The van der Waals surface area contributed by atoms with Gasteiger partial charge >= 0.3 is 6.18 Å². The smallest absolute Gasteiger partial charge is 0.437 e. The lowest BCUT2D eigenvalue weighted by Gasteiger charge is -2.12. The van der Waals surface area contributed by atoms with Crippen molar-refractivity contribution in [3.63, 3.8) is 0 Å². The van der Waals surface area contributed by atoms with Gasteiger partial charge in [-0.1, -0.05) is 11.6 Å². The molecule has 1 aromatic carbocycles. The van der Waals surface area contributed by atoms with E-state index >= 15 is 0 Å². The highest BCUT2D eigenvalue weighted by Gasteiger charge is 2.38. The van der Waals surface area contributed by atoms with Gasteiger partial charge in [0.05, 0.1) is 11.6 Å². The van der Waals surface area contributed by atoms with Crippen molar-refractivity contribution in [2.75, 3.05) is 0 Å². The number of nitrogens with zero attached hydrogens (tertiary/aromatic N) is 2. The first-order valence-electron chi connectivity index (χ1n) is 5.77. The number of rotatable bonds is 2. The molecule has 9 heteroatoms. The standard InChI is InChI=1S/C13H7ClF3N3O2/c1-6-19-11(13(15,16)17)10(12(21)20-6)22-9-3-7(5-18)2-8(14)4-9/h2-4H,1H3,(H,19,20,21). The number of halogens is 4. The fourth-order valence-corrected chi connectivity index (χ4v) is 1.89. The molecule has 22 heavy (non-hydrogen) atoms. The third-order valence-electron chi connectivity index (χ3n) is 2.48. The number of alkyl halides is 3. The summed E-state index contributed by atoms with van der Waals surface area (Å²) in [5, 5.41) is 8.89. The predicted octanol–water partition coefficient (Wildman–Crippen LogP) is 3.41. The van der Waals surface area contributed by atoms with Crippen LogP contribution in [0.3, 0.4) is 0 Å². The number of aryl methyl sites for hydroxylation is 1. The summed E-state index contributed by atoms with van der Waals surface area (Å²) in [5.41, 5.74) is -2.46. The minimum atomic E-state index is -4.87. The van der Waals surface area contributed by atoms with Crippen LogP contribution in [0.1, 0.15) is 17.1 Å². The van der Waals surface area contributed by atoms with E-state index in [0.29, 0.717) is 0 Å². The summed E-state index contributed by atoms with van der Waals surface area (Å²) in [6.07, 6.45) is -4.87. The number of hydrogen-bond donors (Lipinski definition) is 1. The minimum absolute atomic E-state index is 0.0764. The van der Waals surface area contributed by atoms with Gasteiger partial charge in [-0.15, -0.1) is 0 Å². The predicted molar refractivity (Wildman–Crippen MR) is 70.8 cm³/mol. The van der Waals surface area contributed by atoms with Gasteiger partial charge in [-0.05, 0) is 25.1 Å². The lowest BCUT2D eigenvalue weighted by molar-refractivity contribution is -0.142. The van der Waals surface area contributed by atoms with Crippen LogP contribution in [0.5, 0.6) is 11.5 Å². The normalized spacial score (nSPS) is 11.1. The molecule has 0 atom stereocenters. The van der Waals surface area contributed by atoms with E-state index in [2.05, 4.69) is 9.97 Å². The van der Waals surface area contributed by atoms with Gasteiger partial charge in [0.2, 0.25) is 5.75 Å². The average Bonchev–Trinajstić information content (AvgIpc) is 2.39. The Morgan fingerprint density at radius 2 is 2.05 bits per heavy atom. The largest absolute Gasteiger partial charge is 0.449 e. The third kappa shape index (κ3) is 3.38. The van der Waals surface area contributed by atoms with Crippen LogP contribution >= 0.6 is 11.6 Å². The molecule has 0 aliphatic heterocycles. The maximum absolute atomic E-state index is 13.0. The lowest BCUT2D eigenvalue weighted by atomic mass is 10.2. The van der Waals surface area contributed by atoms with Crippen LogP contribution < -0.4 is 10.3 Å². The van der Waals surface area contributed by atoms with E-state index in [1.807, 2.05) is 0 Å². The Hall–Kier alpha value is -2.53. The van der Waals surface area contributed by atoms with Crippen molar-refractivity contribution in [2.24, 2.45) is 0 Å². The van der Waals surface area contributed by atoms with Crippen LogP contribution in [0.15, 0.2) is 23.0 Å². The molecule has 0 fully saturated rings. The van der Waals surface area contributed by atoms with Gasteiger partial charge < -0.3 is 9.72 Å². The zero-order valence-corrected chi connectivity index (χ0v) is 11.7. The zero-order chi connectivity index (χ0) is 16.5. The Bertz CT molecular complexity index is 825. The van der Waals surface area contributed by atoms with Crippen LogP contribution in [0.4, 0.5) is 13.2 Å². The number of ether oxygens (including phenoxy) is 1. The highest BCUT2D eigenvalue weighted by Crippen LogP contribution is 2.35. The number of H-pyrrole nitrogens is 1. The second-order valence-electron chi connectivity index (χ2n) is 4.22. The van der Waals surface area contributed by atoms with Crippen molar-refractivity contribution in [2.45, 2.75) is 13.1 Å². The topological polar surface area (TPSA) is 78.8 Å². The summed E-state index contributed by atoms with van der Waals surface area (Å²) in [5.74, 6) is -1.39. The monoisotopic (exact) mass is 329 g/mol. The van der Waals surface area contributed by atoms with E-state index in [4.69, 9.17) is 21.6 Å². The number of aromatic amines is 1. The summed E-state index contributed by atoms with van der Waals surface area (Å²) in [7, 11) is 0. The third-order valence-corrected chi connectivity index (χ3v) is 2.70. The van der Waals surface area contributed by atoms with E-state index < -0.39 is 23.2 Å². The second kappa shape index (κ2) is 5.69. The average molecular weight is 330 g/mol. The second-order valence-corrected chi connectivity index (χ2v) is 4.65. The fraction of sp³-hybridized carbons (Fsp3) is 0.154. The quantitative estimate of drug-likeness (QED) is 0.915. The first kappa shape index (κ1) is 15.9. The first-order chi connectivity index (χ1) is 10.2. The molecule has 0 radical (unpaired) electrons. The van der Waals surface area contributed by atoms with E-state index in [1.54, 1.807) is 6.07 Å². The van der Waals surface area contributed by atoms with Crippen LogP contribution in [-0.2, 0) is 6.18 Å². The summed E-state index contributed by atoms with van der Waals surface area (Å²) < 4.78 is 43.9. The Morgan fingerprint density at radius 1 is 1.36 bits per heavy atom. The summed E-state index contributed by atoms with van der Waals surface area (Å²) >= 11 is 5.73. The van der Waals surface area contributed by atoms with Crippen molar-refractivity contribution in [3.8, 4) is 17.6 Å². The molecule has 2 aromatic rings. The molecule has 1 heterocycles. The maximum atomic E-state index is 13.0. The Balaban J connectivity index is 2.57. The van der Waals surface area contributed by atoms with Crippen LogP contribution in [0.2, 0.25) is 5.02 Å². The van der Waals surface area contributed by atoms with E-state index in [0.717, 1.165) is 6.07 Å². The molecule has 0 unspecified atom stereocenters. The first-order valence-corrected chi connectivity index (χ1v) is 6.15. The fourth-order valence-electron chi connectivity index (χ4n) is 1.67. The van der Waals surface area contributed by atoms with Crippen molar-refractivity contribution in [1.82, 2.24) is 9.97 Å². The van der Waals surface area contributed by atoms with Gasteiger partial charge in [-0.25, -0.2) is 4.98 Å². The summed E-state index contributed by atoms with van der Waals surface area (Å²) in [6, 6.07) is 5.42. The SMILES string of the molecule is Cc1nc(C(F)(F)F)c(Oc2cc(Cl)cc(C#N)c2)c(=O)[nH]1. The van der Waals surface area contributed by atoms with Gasteiger partial charge in [0.1, 0.15) is 11.6 Å². The van der Waals surface area contributed by atoms with Gasteiger partial charge in [0.25, 0.3) is 5.56 Å². The Kier molecular flexibility index (Phi) is 4.10. The molecular weight excluding hydrogens is 323 g/mol. The minimum Gasteiger partial charge on any atom is -0.449 e. The highest BCUT2D eigenvalue weighted by molar-refractivity contribution is 6.30. The number of benzene rings is 1. The molecular formula is C13H7ClF3N3O2. The molecule has 114 valence electrons. The summed E-state index contributed by atoms with van der Waals surface area (Å²) in [4.78, 5) is 17.1. The van der Waals surface area contributed by atoms with Crippen molar-refractivity contribution >= 4 is 11.6 Å². The van der Waals surface area contributed by atoms with Crippen molar-refractivity contribution < 1.29 is 17.9 Å². The molecule has 0 saturated heterocycles. The van der Waals surface area contributed by atoms with Crippen LogP contribution in [-0.4, -0.2) is 9.97 Å². The van der Waals surface area contributed by atoms with Crippen LogP contribution in [0, 0.1) is 18.3 Å². The van der Waals surface area contributed by atoms with Crippen LogP contribution in [0.25, 0.3) is 0 Å². The summed E-state index contributed by atoms with van der Waals surface area (Å²) in [6.45, 7) is 1.22. The number of aromatic nitrogens is 2. The molecule has 0 aliphatic rings. The number of nitriles is 1. The van der Waals surface area contributed by atoms with E-state index in [-0.39, 0.29) is 22.2 Å². The van der Waals surface area contributed by atoms with Gasteiger partial charge in [-0.3, -0.25) is 4.79 Å². The lowest BCUT2D eigenvalue weighted by Crippen LogP contribution is -2.20. The molecule has 1 aromatic heterocycles. The van der Waals surface area contributed by atoms with E-state index in [9.17, 15) is 18.0 Å². The van der Waals surface area contributed by atoms with Crippen molar-refractivity contribution in [1.29, 1.82) is 5.26 Å². The zero-order valence-electron chi connectivity index (χ0n) is 11.0. The Morgan fingerprint density at radius 3 is 2.64 bits per heavy atom. The maximum Gasteiger partial charge on any atom is 0.437 e. The number of hydrogen-bond acceptors (Lipinski definition) is 4. The molecule has 0 aliphatic carbocycles. The molecule has 0 bridgehead atoms.